The lowest BCUT2D eigenvalue weighted by molar-refractivity contribution is -0.0521. The van der Waals surface area contributed by atoms with Crippen LogP contribution in [0.4, 0.5) is 8.78 Å². The summed E-state index contributed by atoms with van der Waals surface area (Å²) in [6.45, 7) is 0.130. The fourth-order valence-electron chi connectivity index (χ4n) is 3.20. The van der Waals surface area contributed by atoms with Gasteiger partial charge in [-0.3, -0.25) is 9.78 Å². The number of nitrogens with one attached hydrogen (secondary N) is 1. The van der Waals surface area contributed by atoms with Gasteiger partial charge in [0.05, 0.1) is 25.7 Å². The first-order valence-corrected chi connectivity index (χ1v) is 8.51. The second kappa shape index (κ2) is 7.42. The van der Waals surface area contributed by atoms with Gasteiger partial charge in [0.15, 0.2) is 5.75 Å². The van der Waals surface area contributed by atoms with Crippen molar-refractivity contribution >= 4 is 5.91 Å². The number of pyridine rings is 1. The largest absolute Gasteiger partial charge is 0.505 e. The fourth-order valence-corrected chi connectivity index (χ4v) is 3.20. The molecule has 0 atom stereocenters. The summed E-state index contributed by atoms with van der Waals surface area (Å²) in [5.74, 6) is -2.94. The molecule has 1 saturated carbocycles. The molecule has 144 valence electrons. The van der Waals surface area contributed by atoms with Crippen LogP contribution in [0.5, 0.6) is 11.5 Å². The Kier molecular flexibility index (Phi) is 5.20. The first kappa shape index (κ1) is 18.9. The van der Waals surface area contributed by atoms with Gasteiger partial charge < -0.3 is 15.2 Å². The SMILES string of the molecule is COc1ccc(C2(CNC(=O)c3ncc(O)cn3)CCC(F)(F)CC2)nc1. The summed E-state index contributed by atoms with van der Waals surface area (Å²) in [5, 5.41) is 11.9. The molecule has 1 aliphatic carbocycles. The highest BCUT2D eigenvalue weighted by Gasteiger charge is 2.45. The van der Waals surface area contributed by atoms with Crippen LogP contribution in [-0.4, -0.2) is 45.5 Å². The standard InChI is InChI=1S/C18H20F2N4O3/c1-27-13-2-3-14(21-10-13)17(4-6-18(19,20)7-5-17)11-24-16(26)15-22-8-12(25)9-23-15/h2-3,8-10,25H,4-7,11H2,1H3,(H,24,26). The molecule has 0 bridgehead atoms. The highest BCUT2D eigenvalue weighted by molar-refractivity contribution is 5.90. The number of halogens is 2. The van der Waals surface area contributed by atoms with Crippen molar-refractivity contribution in [1.82, 2.24) is 20.3 Å². The normalized spacial score (nSPS) is 17.9. The molecule has 2 N–H and O–H groups in total. The number of aromatic hydroxyl groups is 1. The molecule has 2 aromatic heterocycles. The molecule has 1 fully saturated rings. The van der Waals surface area contributed by atoms with Crippen LogP contribution in [-0.2, 0) is 5.41 Å². The summed E-state index contributed by atoms with van der Waals surface area (Å²) in [5.41, 5.74) is -0.0775. The van der Waals surface area contributed by atoms with E-state index in [-0.39, 0.29) is 43.8 Å². The number of carbonyl (C=O) groups excluding carboxylic acids is 1. The number of amides is 1. The van der Waals surface area contributed by atoms with Gasteiger partial charge in [0.1, 0.15) is 5.75 Å². The van der Waals surface area contributed by atoms with Crippen LogP contribution in [0.1, 0.15) is 42.0 Å². The third-order valence-corrected chi connectivity index (χ3v) is 4.88. The molecule has 1 aliphatic rings. The molecule has 2 aromatic rings. The molecular formula is C18H20F2N4O3. The van der Waals surface area contributed by atoms with Crippen LogP contribution in [0.3, 0.4) is 0 Å². The molecule has 0 unspecified atom stereocenters. The van der Waals surface area contributed by atoms with Gasteiger partial charge in [-0.15, -0.1) is 0 Å². The van der Waals surface area contributed by atoms with Gasteiger partial charge >= 0.3 is 0 Å². The first-order chi connectivity index (χ1) is 12.8. The fraction of sp³-hybridized carbons (Fsp3) is 0.444. The Morgan fingerprint density at radius 1 is 1.15 bits per heavy atom. The lowest BCUT2D eigenvalue weighted by Crippen LogP contribution is -2.46. The summed E-state index contributed by atoms with van der Waals surface area (Å²) in [6.07, 6.45) is 3.60. The summed E-state index contributed by atoms with van der Waals surface area (Å²) in [4.78, 5) is 24.2. The molecular weight excluding hydrogens is 358 g/mol. The minimum Gasteiger partial charge on any atom is -0.505 e. The number of rotatable bonds is 5. The number of nitrogens with zero attached hydrogens (tertiary/aromatic N) is 3. The van der Waals surface area contributed by atoms with E-state index in [4.69, 9.17) is 4.74 Å². The van der Waals surface area contributed by atoms with Crippen molar-refractivity contribution in [2.45, 2.75) is 37.0 Å². The molecule has 7 nitrogen and oxygen atoms in total. The predicted octanol–water partition coefficient (Wildman–Crippen LogP) is 2.46. The summed E-state index contributed by atoms with van der Waals surface area (Å²) >= 11 is 0. The first-order valence-electron chi connectivity index (χ1n) is 8.51. The van der Waals surface area contributed by atoms with Crippen LogP contribution in [0, 0.1) is 0 Å². The summed E-state index contributed by atoms with van der Waals surface area (Å²) < 4.78 is 32.5. The van der Waals surface area contributed by atoms with E-state index < -0.39 is 17.2 Å². The third-order valence-electron chi connectivity index (χ3n) is 4.88. The minimum absolute atomic E-state index is 0.105. The zero-order chi connectivity index (χ0) is 19.5. The summed E-state index contributed by atoms with van der Waals surface area (Å²) in [6, 6.07) is 3.47. The van der Waals surface area contributed by atoms with Crippen LogP contribution >= 0.6 is 0 Å². The third kappa shape index (κ3) is 4.29. The van der Waals surface area contributed by atoms with E-state index in [1.807, 2.05) is 0 Å². The van der Waals surface area contributed by atoms with E-state index in [1.54, 1.807) is 12.1 Å². The number of aromatic nitrogens is 3. The van der Waals surface area contributed by atoms with Gasteiger partial charge in [-0.2, -0.15) is 0 Å². The number of ether oxygens (including phenoxy) is 1. The van der Waals surface area contributed by atoms with Gasteiger partial charge in [-0.05, 0) is 25.0 Å². The maximum Gasteiger partial charge on any atom is 0.289 e. The van der Waals surface area contributed by atoms with Crippen molar-refractivity contribution in [1.29, 1.82) is 0 Å². The molecule has 2 heterocycles. The molecule has 27 heavy (non-hydrogen) atoms. The Hall–Kier alpha value is -2.84. The van der Waals surface area contributed by atoms with E-state index in [0.29, 0.717) is 11.4 Å². The van der Waals surface area contributed by atoms with Crippen LogP contribution in [0.25, 0.3) is 0 Å². The van der Waals surface area contributed by atoms with Gasteiger partial charge in [-0.25, -0.2) is 18.7 Å². The van der Waals surface area contributed by atoms with Gasteiger partial charge in [0, 0.05) is 30.5 Å². The molecule has 0 spiro atoms. The van der Waals surface area contributed by atoms with E-state index in [9.17, 15) is 18.7 Å². The molecule has 9 heteroatoms. The lowest BCUT2D eigenvalue weighted by atomic mass is 9.70. The van der Waals surface area contributed by atoms with Crippen molar-refractivity contribution in [2.75, 3.05) is 13.7 Å². The maximum absolute atomic E-state index is 13.7. The zero-order valence-electron chi connectivity index (χ0n) is 14.8. The second-order valence-electron chi connectivity index (χ2n) is 6.67. The van der Waals surface area contributed by atoms with Crippen LogP contribution in [0.15, 0.2) is 30.7 Å². The monoisotopic (exact) mass is 378 g/mol. The van der Waals surface area contributed by atoms with Gasteiger partial charge in [0.25, 0.3) is 5.91 Å². The van der Waals surface area contributed by atoms with Crippen LogP contribution in [0.2, 0.25) is 0 Å². The number of alkyl halides is 2. The Labute approximate surface area is 154 Å². The predicted molar refractivity (Wildman–Crippen MR) is 91.9 cm³/mol. The van der Waals surface area contributed by atoms with Gasteiger partial charge in [0.2, 0.25) is 11.7 Å². The highest BCUT2D eigenvalue weighted by Crippen LogP contribution is 2.44. The topological polar surface area (TPSA) is 97.2 Å². The van der Waals surface area contributed by atoms with Crippen molar-refractivity contribution in [3.63, 3.8) is 0 Å². The second-order valence-corrected chi connectivity index (χ2v) is 6.67. The molecule has 0 aromatic carbocycles. The molecule has 0 aliphatic heterocycles. The Morgan fingerprint density at radius 3 is 2.37 bits per heavy atom. The number of hydrogen-bond acceptors (Lipinski definition) is 6. The van der Waals surface area contributed by atoms with Crippen molar-refractivity contribution in [3.05, 3.63) is 42.2 Å². The Morgan fingerprint density at radius 2 is 1.81 bits per heavy atom. The van der Waals surface area contributed by atoms with Crippen molar-refractivity contribution < 1.29 is 23.4 Å². The lowest BCUT2D eigenvalue weighted by Gasteiger charge is -2.39. The number of methoxy groups -OCH3 is 1. The van der Waals surface area contributed by atoms with Crippen molar-refractivity contribution in [3.8, 4) is 11.5 Å². The highest BCUT2D eigenvalue weighted by atomic mass is 19.3. The average molecular weight is 378 g/mol. The average Bonchev–Trinajstić information content (AvgIpc) is 2.68. The van der Waals surface area contributed by atoms with Crippen molar-refractivity contribution in [2.24, 2.45) is 0 Å². The zero-order valence-corrected chi connectivity index (χ0v) is 14.8. The number of hydrogen-bond donors (Lipinski definition) is 2. The van der Waals surface area contributed by atoms with E-state index >= 15 is 0 Å². The quantitative estimate of drug-likeness (QED) is 0.830. The maximum atomic E-state index is 13.7. The number of carbonyl (C=O) groups is 1. The van der Waals surface area contributed by atoms with E-state index in [2.05, 4.69) is 20.3 Å². The van der Waals surface area contributed by atoms with E-state index in [1.165, 1.54) is 13.3 Å². The Balaban J connectivity index is 1.79. The molecule has 1 amide bonds. The smallest absolute Gasteiger partial charge is 0.289 e. The Bertz CT molecular complexity index is 787. The van der Waals surface area contributed by atoms with E-state index in [0.717, 1.165) is 12.4 Å². The molecule has 0 saturated heterocycles. The summed E-state index contributed by atoms with van der Waals surface area (Å²) in [7, 11) is 1.52. The molecule has 0 radical (unpaired) electrons. The van der Waals surface area contributed by atoms with Crippen LogP contribution < -0.4 is 10.1 Å². The minimum atomic E-state index is -2.71. The molecule has 3 rings (SSSR count). The van der Waals surface area contributed by atoms with Gasteiger partial charge in [-0.1, -0.05) is 0 Å².